The molecular weight excluding hydrogens is 292 g/mol. The first-order valence-electron chi connectivity index (χ1n) is 6.89. The summed E-state index contributed by atoms with van der Waals surface area (Å²) >= 11 is 1.82. The summed E-state index contributed by atoms with van der Waals surface area (Å²) in [5.74, 6) is 0.842. The van der Waals surface area contributed by atoms with Crippen molar-refractivity contribution in [1.29, 1.82) is 0 Å². The molecule has 2 unspecified atom stereocenters. The lowest BCUT2D eigenvalue weighted by Crippen LogP contribution is -2.48. The molecule has 0 saturated carbocycles. The van der Waals surface area contributed by atoms with E-state index in [9.17, 15) is 8.42 Å². The molecule has 1 aromatic carbocycles. The van der Waals surface area contributed by atoms with E-state index in [2.05, 4.69) is 6.92 Å². The predicted molar refractivity (Wildman–Crippen MR) is 85.5 cm³/mol. The molecule has 112 valence electrons. The van der Waals surface area contributed by atoms with Crippen LogP contribution in [0.3, 0.4) is 0 Å². The van der Waals surface area contributed by atoms with Crippen molar-refractivity contribution in [3.8, 4) is 0 Å². The van der Waals surface area contributed by atoms with Crippen LogP contribution in [0.4, 0.5) is 5.69 Å². The highest BCUT2D eigenvalue weighted by atomic mass is 32.2. The van der Waals surface area contributed by atoms with Crippen LogP contribution in [0.5, 0.6) is 0 Å². The topological polar surface area (TPSA) is 63.4 Å². The zero-order valence-corrected chi connectivity index (χ0v) is 13.8. The minimum absolute atomic E-state index is 0.00452. The Morgan fingerprint density at radius 3 is 2.75 bits per heavy atom. The lowest BCUT2D eigenvalue weighted by atomic mass is 10.1. The van der Waals surface area contributed by atoms with Crippen LogP contribution in [-0.4, -0.2) is 36.3 Å². The summed E-state index contributed by atoms with van der Waals surface area (Å²) in [4.78, 5) is 0.367. The summed E-state index contributed by atoms with van der Waals surface area (Å²) in [6.07, 6.45) is 0.682. The van der Waals surface area contributed by atoms with Crippen LogP contribution in [0.25, 0.3) is 0 Å². The fraction of sp³-hybridized carbons (Fsp3) is 0.571. The summed E-state index contributed by atoms with van der Waals surface area (Å²) in [5, 5.41) is 0.310. The normalized spacial score (nSPS) is 24.8. The molecular formula is C14H22N2O2S2. The smallest absolute Gasteiger partial charge is 0.243 e. The third kappa shape index (κ3) is 2.82. The Bertz CT molecular complexity index is 587. The molecule has 1 saturated heterocycles. The molecule has 1 fully saturated rings. The number of anilines is 1. The minimum Gasteiger partial charge on any atom is -0.399 e. The van der Waals surface area contributed by atoms with E-state index in [1.54, 1.807) is 16.4 Å². The molecule has 0 spiro atoms. The Hall–Kier alpha value is -0.720. The summed E-state index contributed by atoms with van der Waals surface area (Å²) in [5.41, 5.74) is 7.11. The van der Waals surface area contributed by atoms with Gasteiger partial charge in [-0.2, -0.15) is 16.1 Å². The fourth-order valence-corrected chi connectivity index (χ4v) is 5.80. The van der Waals surface area contributed by atoms with Crippen molar-refractivity contribution < 1.29 is 8.42 Å². The zero-order chi connectivity index (χ0) is 14.9. The van der Waals surface area contributed by atoms with Crippen LogP contribution in [0, 0.1) is 0 Å². The van der Waals surface area contributed by atoms with Crippen LogP contribution in [-0.2, 0) is 16.4 Å². The lowest BCUT2D eigenvalue weighted by molar-refractivity contribution is 0.340. The van der Waals surface area contributed by atoms with Gasteiger partial charge in [0.25, 0.3) is 0 Å². The summed E-state index contributed by atoms with van der Waals surface area (Å²) in [7, 11) is -3.47. The maximum atomic E-state index is 12.9. The molecule has 0 aromatic heterocycles. The van der Waals surface area contributed by atoms with Crippen LogP contribution in [0.1, 0.15) is 26.3 Å². The van der Waals surface area contributed by atoms with E-state index in [-0.39, 0.29) is 6.04 Å². The first-order valence-corrected chi connectivity index (χ1v) is 9.38. The second-order valence-electron chi connectivity index (χ2n) is 5.15. The van der Waals surface area contributed by atoms with E-state index in [0.29, 0.717) is 28.8 Å². The summed E-state index contributed by atoms with van der Waals surface area (Å²) < 4.78 is 27.5. The Kier molecular flexibility index (Phi) is 4.66. The third-order valence-electron chi connectivity index (χ3n) is 3.88. The average Bonchev–Trinajstić information content (AvgIpc) is 2.41. The molecule has 6 heteroatoms. The molecule has 1 aromatic rings. The number of hydrogen-bond acceptors (Lipinski definition) is 4. The van der Waals surface area contributed by atoms with Gasteiger partial charge >= 0.3 is 0 Å². The van der Waals surface area contributed by atoms with Crippen molar-refractivity contribution in [3.05, 3.63) is 23.8 Å². The summed E-state index contributed by atoms with van der Waals surface area (Å²) in [6.45, 7) is 6.59. The van der Waals surface area contributed by atoms with E-state index < -0.39 is 10.0 Å². The monoisotopic (exact) mass is 314 g/mol. The molecule has 0 amide bonds. The highest BCUT2D eigenvalue weighted by Gasteiger charge is 2.35. The van der Waals surface area contributed by atoms with Gasteiger partial charge in [-0.3, -0.25) is 0 Å². The van der Waals surface area contributed by atoms with Crippen molar-refractivity contribution in [1.82, 2.24) is 4.31 Å². The van der Waals surface area contributed by atoms with Crippen LogP contribution in [0.2, 0.25) is 0 Å². The minimum atomic E-state index is -3.47. The van der Waals surface area contributed by atoms with E-state index in [4.69, 9.17) is 5.73 Å². The SMILES string of the molecule is CCc1ccc(N)cc1S(=O)(=O)N1CCSC(C)C1C. The number of sulfonamides is 1. The predicted octanol–water partition coefficient (Wildman–Crippen LogP) is 2.35. The Labute approximate surface area is 125 Å². The number of nitrogens with zero attached hydrogens (tertiary/aromatic N) is 1. The maximum absolute atomic E-state index is 12.9. The van der Waals surface area contributed by atoms with E-state index in [1.165, 1.54) is 0 Å². The second-order valence-corrected chi connectivity index (χ2v) is 8.50. The number of rotatable bonds is 3. The molecule has 1 aliphatic rings. The largest absolute Gasteiger partial charge is 0.399 e. The molecule has 2 N–H and O–H groups in total. The second kappa shape index (κ2) is 5.95. The van der Waals surface area contributed by atoms with Crippen molar-refractivity contribution in [2.75, 3.05) is 18.0 Å². The van der Waals surface area contributed by atoms with Crippen molar-refractivity contribution in [2.24, 2.45) is 0 Å². The van der Waals surface area contributed by atoms with Gasteiger partial charge in [-0.1, -0.05) is 19.9 Å². The number of hydrogen-bond donors (Lipinski definition) is 1. The van der Waals surface area contributed by atoms with Gasteiger partial charge in [0.05, 0.1) is 4.90 Å². The summed E-state index contributed by atoms with van der Waals surface area (Å²) in [6, 6.07) is 5.17. The number of benzene rings is 1. The fourth-order valence-electron chi connectivity index (χ4n) is 2.47. The number of aryl methyl sites for hydroxylation is 1. The lowest BCUT2D eigenvalue weighted by Gasteiger charge is -2.36. The van der Waals surface area contributed by atoms with Gasteiger partial charge in [-0.25, -0.2) is 8.42 Å². The average molecular weight is 314 g/mol. The Morgan fingerprint density at radius 1 is 1.40 bits per heavy atom. The highest BCUT2D eigenvalue weighted by molar-refractivity contribution is 8.00. The van der Waals surface area contributed by atoms with Gasteiger partial charge in [0.15, 0.2) is 0 Å². The van der Waals surface area contributed by atoms with Gasteiger partial charge < -0.3 is 5.73 Å². The van der Waals surface area contributed by atoms with Gasteiger partial charge in [-0.05, 0) is 31.0 Å². The van der Waals surface area contributed by atoms with Crippen LogP contribution >= 0.6 is 11.8 Å². The molecule has 0 aliphatic carbocycles. The molecule has 1 aliphatic heterocycles. The number of thioether (sulfide) groups is 1. The van der Waals surface area contributed by atoms with E-state index in [0.717, 1.165) is 11.3 Å². The Morgan fingerprint density at radius 2 is 2.10 bits per heavy atom. The van der Waals surface area contributed by atoms with Crippen molar-refractivity contribution in [3.63, 3.8) is 0 Å². The van der Waals surface area contributed by atoms with Crippen LogP contribution < -0.4 is 5.73 Å². The van der Waals surface area contributed by atoms with Crippen molar-refractivity contribution in [2.45, 2.75) is 43.4 Å². The van der Waals surface area contributed by atoms with Gasteiger partial charge in [0.1, 0.15) is 0 Å². The molecule has 0 radical (unpaired) electrons. The highest BCUT2D eigenvalue weighted by Crippen LogP contribution is 2.31. The zero-order valence-electron chi connectivity index (χ0n) is 12.2. The number of nitrogens with two attached hydrogens (primary N) is 1. The first kappa shape index (κ1) is 15.7. The maximum Gasteiger partial charge on any atom is 0.243 e. The molecule has 1 heterocycles. The van der Waals surface area contributed by atoms with Gasteiger partial charge in [0, 0.05) is 29.3 Å². The van der Waals surface area contributed by atoms with E-state index >= 15 is 0 Å². The van der Waals surface area contributed by atoms with Crippen molar-refractivity contribution >= 4 is 27.5 Å². The van der Waals surface area contributed by atoms with E-state index in [1.807, 2.05) is 31.7 Å². The molecule has 20 heavy (non-hydrogen) atoms. The molecule has 4 nitrogen and oxygen atoms in total. The van der Waals surface area contributed by atoms with Gasteiger partial charge in [-0.15, -0.1) is 0 Å². The third-order valence-corrected chi connectivity index (χ3v) is 7.29. The molecule has 2 atom stereocenters. The first-order chi connectivity index (χ1) is 9.37. The Balaban J connectivity index is 2.47. The molecule has 0 bridgehead atoms. The number of nitrogen functional groups attached to an aromatic ring is 1. The molecule has 2 rings (SSSR count). The quantitative estimate of drug-likeness (QED) is 0.870. The standard InChI is InChI=1S/C14H22N2O2S2/c1-4-12-5-6-13(15)9-14(12)20(17,18)16-7-8-19-11(3)10(16)2/h5-6,9-11H,4,7-8,15H2,1-3H3. The van der Waals surface area contributed by atoms with Crippen LogP contribution in [0.15, 0.2) is 23.1 Å². The van der Waals surface area contributed by atoms with Gasteiger partial charge in [0.2, 0.25) is 10.0 Å².